The maximum Gasteiger partial charge on any atom is 0.410 e. The topological polar surface area (TPSA) is 158 Å². The number of amides is 2. The van der Waals surface area contributed by atoms with Crippen LogP contribution < -0.4 is 15.4 Å². The maximum atomic E-state index is 12.6. The Morgan fingerprint density at radius 2 is 2.00 bits per heavy atom. The van der Waals surface area contributed by atoms with Crippen LogP contribution in [-0.2, 0) is 14.3 Å². The molecule has 190 valence electrons. The fourth-order valence-electron chi connectivity index (χ4n) is 2.68. The Kier molecular flexibility index (Phi) is 9.54. The van der Waals surface area contributed by atoms with Crippen molar-refractivity contribution < 1.29 is 28.7 Å². The molecule has 0 aliphatic carbocycles. The van der Waals surface area contributed by atoms with Gasteiger partial charge in [0.05, 0.1) is 6.61 Å². The van der Waals surface area contributed by atoms with E-state index in [1.807, 2.05) is 0 Å². The highest BCUT2D eigenvalue weighted by molar-refractivity contribution is 6.35. The Morgan fingerprint density at radius 1 is 1.29 bits per heavy atom. The van der Waals surface area contributed by atoms with E-state index in [1.54, 1.807) is 20.8 Å². The first-order chi connectivity index (χ1) is 16.4. The molecule has 0 aromatic carbocycles. The van der Waals surface area contributed by atoms with Crippen LogP contribution in [0.2, 0.25) is 5.02 Å². The minimum Gasteiger partial charge on any atom is -0.452 e. The van der Waals surface area contributed by atoms with Crippen molar-refractivity contribution in [3.05, 3.63) is 39.7 Å². The molecule has 13 nitrogen and oxygen atoms in total. The van der Waals surface area contributed by atoms with E-state index in [2.05, 4.69) is 20.6 Å². The van der Waals surface area contributed by atoms with Gasteiger partial charge in [0.25, 0.3) is 0 Å². The number of hydrogen-bond acceptors (Lipinski definition) is 10. The van der Waals surface area contributed by atoms with E-state index >= 15 is 0 Å². The Labute approximate surface area is 206 Å². The fourth-order valence-corrected chi connectivity index (χ4v) is 2.95. The normalized spacial score (nSPS) is 10.9. The van der Waals surface area contributed by atoms with Gasteiger partial charge in [-0.3, -0.25) is 9.69 Å². The summed E-state index contributed by atoms with van der Waals surface area (Å²) in [5.41, 5.74) is -0.733. The van der Waals surface area contributed by atoms with Gasteiger partial charge in [-0.1, -0.05) is 11.6 Å². The molecule has 0 radical (unpaired) electrons. The predicted octanol–water partition coefficient (Wildman–Crippen LogP) is 3.69. The number of methoxy groups -OCH3 is 1. The van der Waals surface area contributed by atoms with Crippen molar-refractivity contribution in [2.45, 2.75) is 26.4 Å². The number of nitrogens with zero attached hydrogens (tertiary/aromatic N) is 4. The highest BCUT2D eigenvalue weighted by Gasteiger charge is 2.25. The number of halogens is 1. The molecule has 0 aliphatic rings. The molecule has 2 N–H and O–H groups in total. The number of anilines is 2. The van der Waals surface area contributed by atoms with Gasteiger partial charge in [0.15, 0.2) is 17.6 Å². The Morgan fingerprint density at radius 3 is 2.60 bits per heavy atom. The van der Waals surface area contributed by atoms with E-state index in [1.165, 1.54) is 37.4 Å². The lowest BCUT2D eigenvalue weighted by Gasteiger charge is -2.26. The van der Waals surface area contributed by atoms with Gasteiger partial charge in [0.2, 0.25) is 5.91 Å². The number of carbonyl (C=O) groups is 2. The summed E-state index contributed by atoms with van der Waals surface area (Å²) in [7, 11) is 2.95. The first-order valence-electron chi connectivity index (χ1n) is 10.4. The van der Waals surface area contributed by atoms with Gasteiger partial charge in [-0.2, -0.15) is 0 Å². The van der Waals surface area contributed by atoms with E-state index < -0.39 is 28.3 Å². The van der Waals surface area contributed by atoms with Gasteiger partial charge in [0, 0.05) is 33.0 Å². The zero-order valence-corrected chi connectivity index (χ0v) is 20.7. The van der Waals surface area contributed by atoms with Crippen molar-refractivity contribution in [2.24, 2.45) is 0 Å². The van der Waals surface area contributed by atoms with Crippen molar-refractivity contribution in [3.8, 4) is 11.5 Å². The number of aromatic nitrogens is 2. The summed E-state index contributed by atoms with van der Waals surface area (Å²) in [4.78, 5) is 44.5. The molecule has 2 aromatic rings. The van der Waals surface area contributed by atoms with Crippen LogP contribution in [0, 0.1) is 10.1 Å². The number of ether oxygens (including phenoxy) is 3. The van der Waals surface area contributed by atoms with Crippen LogP contribution in [0.25, 0.3) is 0 Å². The third kappa shape index (κ3) is 8.22. The monoisotopic (exact) mass is 510 g/mol. The lowest BCUT2D eigenvalue weighted by molar-refractivity contribution is -0.388. The van der Waals surface area contributed by atoms with Crippen molar-refractivity contribution in [1.29, 1.82) is 0 Å². The number of nitrogens with one attached hydrogen (secondary N) is 2. The van der Waals surface area contributed by atoms with Crippen molar-refractivity contribution in [2.75, 3.05) is 44.5 Å². The molecule has 0 aliphatic heterocycles. The predicted molar refractivity (Wildman–Crippen MR) is 128 cm³/mol. The van der Waals surface area contributed by atoms with E-state index in [0.29, 0.717) is 0 Å². The standard InChI is InChI=1S/C21H27ClN6O7/c1-21(2,3)35-20(30)27(8-9-33-5)12-16(29)26-15-10-13(6-7-24-15)34-14-11-25-19(28(31)32)18(23-4)17(14)22/h6-7,10-11,23H,8-9,12H2,1-5H3,(H,24,26,29). The number of pyridine rings is 2. The Balaban J connectivity index is 2.13. The van der Waals surface area contributed by atoms with Crippen LogP contribution in [0.4, 0.5) is 22.1 Å². The van der Waals surface area contributed by atoms with Crippen molar-refractivity contribution >= 4 is 40.9 Å². The lowest BCUT2D eigenvalue weighted by Crippen LogP contribution is -2.42. The van der Waals surface area contributed by atoms with Gasteiger partial charge in [-0.15, -0.1) is 0 Å². The molecule has 0 fully saturated rings. The van der Waals surface area contributed by atoms with Crippen LogP contribution >= 0.6 is 11.6 Å². The summed E-state index contributed by atoms with van der Waals surface area (Å²) in [6, 6.07) is 2.92. The molecule has 2 heterocycles. The molecule has 2 amide bonds. The fraction of sp³-hybridized carbons (Fsp3) is 0.429. The summed E-state index contributed by atoms with van der Waals surface area (Å²) in [5, 5.41) is 16.3. The van der Waals surface area contributed by atoms with Gasteiger partial charge in [-0.05, 0) is 36.7 Å². The molecular formula is C21H27ClN6O7. The van der Waals surface area contributed by atoms with Gasteiger partial charge in [0.1, 0.15) is 28.7 Å². The minimum atomic E-state index is -0.729. The zero-order chi connectivity index (χ0) is 26.2. The third-order valence-electron chi connectivity index (χ3n) is 4.16. The zero-order valence-electron chi connectivity index (χ0n) is 20.0. The maximum absolute atomic E-state index is 12.6. The van der Waals surface area contributed by atoms with Crippen molar-refractivity contribution in [3.63, 3.8) is 0 Å². The molecule has 2 aromatic heterocycles. The van der Waals surface area contributed by atoms with E-state index in [0.717, 1.165) is 6.20 Å². The first kappa shape index (κ1) is 27.5. The van der Waals surface area contributed by atoms with Crippen LogP contribution in [0.3, 0.4) is 0 Å². The molecule has 14 heteroatoms. The molecule has 0 atom stereocenters. The average Bonchev–Trinajstić information content (AvgIpc) is 2.76. The molecular weight excluding hydrogens is 484 g/mol. The highest BCUT2D eigenvalue weighted by Crippen LogP contribution is 2.39. The number of hydrogen-bond donors (Lipinski definition) is 2. The van der Waals surface area contributed by atoms with Crippen LogP contribution in [0.15, 0.2) is 24.5 Å². The van der Waals surface area contributed by atoms with Crippen LogP contribution in [0.1, 0.15) is 20.8 Å². The first-order valence-corrected chi connectivity index (χ1v) is 10.7. The largest absolute Gasteiger partial charge is 0.452 e. The van der Waals surface area contributed by atoms with E-state index in [4.69, 9.17) is 25.8 Å². The summed E-state index contributed by atoms with van der Waals surface area (Å²) in [5.74, 6) is -0.540. The average molecular weight is 511 g/mol. The second-order valence-electron chi connectivity index (χ2n) is 8.06. The van der Waals surface area contributed by atoms with E-state index in [-0.39, 0.29) is 47.7 Å². The van der Waals surface area contributed by atoms with Gasteiger partial charge in [-0.25, -0.2) is 9.78 Å². The van der Waals surface area contributed by atoms with Gasteiger partial charge >= 0.3 is 11.9 Å². The molecule has 35 heavy (non-hydrogen) atoms. The minimum absolute atomic E-state index is 0.00459. The molecule has 0 saturated heterocycles. The molecule has 0 spiro atoms. The molecule has 2 rings (SSSR count). The number of nitro groups is 1. The highest BCUT2D eigenvalue weighted by atomic mass is 35.5. The summed E-state index contributed by atoms with van der Waals surface area (Å²) in [6.07, 6.45) is 1.84. The second-order valence-corrected chi connectivity index (χ2v) is 8.44. The molecule has 0 unspecified atom stereocenters. The second kappa shape index (κ2) is 12.1. The quantitative estimate of drug-likeness (QED) is 0.356. The smallest absolute Gasteiger partial charge is 0.410 e. The summed E-state index contributed by atoms with van der Waals surface area (Å²) in [6.45, 7) is 5.24. The third-order valence-corrected chi connectivity index (χ3v) is 4.54. The summed E-state index contributed by atoms with van der Waals surface area (Å²) >= 11 is 6.23. The van der Waals surface area contributed by atoms with Crippen LogP contribution in [0.5, 0.6) is 11.5 Å². The van der Waals surface area contributed by atoms with Crippen LogP contribution in [-0.4, -0.2) is 71.2 Å². The number of rotatable bonds is 10. The lowest BCUT2D eigenvalue weighted by atomic mass is 10.2. The summed E-state index contributed by atoms with van der Waals surface area (Å²) < 4.78 is 16.0. The van der Waals surface area contributed by atoms with Gasteiger partial charge < -0.3 is 35.0 Å². The molecule has 0 saturated carbocycles. The number of carbonyl (C=O) groups excluding carboxylic acids is 2. The SMILES string of the molecule is CNc1c([N+](=O)[O-])ncc(Oc2ccnc(NC(=O)CN(CCOC)C(=O)OC(C)(C)C)c2)c1Cl. The van der Waals surface area contributed by atoms with E-state index in [9.17, 15) is 19.7 Å². The molecule has 0 bridgehead atoms. The Hall–Kier alpha value is -3.71. The van der Waals surface area contributed by atoms with Crippen molar-refractivity contribution in [1.82, 2.24) is 14.9 Å². The Bertz CT molecular complexity index is 1080.